The molecule has 1 unspecified atom stereocenters. The number of halogens is 3. The normalized spacial score (nSPS) is 13.5. The van der Waals surface area contributed by atoms with E-state index in [-0.39, 0.29) is 17.8 Å². The molecule has 2 aromatic rings. The third kappa shape index (κ3) is 3.78. The summed E-state index contributed by atoms with van der Waals surface area (Å²) < 4.78 is 26.6. The second-order valence-corrected chi connectivity index (χ2v) is 5.38. The lowest BCUT2D eigenvalue weighted by Gasteiger charge is -2.24. The van der Waals surface area contributed by atoms with Crippen LogP contribution in [-0.2, 0) is 5.60 Å². The van der Waals surface area contributed by atoms with E-state index in [1.54, 1.807) is 0 Å². The number of pyridine rings is 1. The highest BCUT2D eigenvalue weighted by atomic mass is 35.5. The van der Waals surface area contributed by atoms with Gasteiger partial charge in [0.25, 0.3) is 5.91 Å². The number of carbonyl (C=O) groups is 1. The lowest BCUT2D eigenvalue weighted by Crippen LogP contribution is -2.39. The van der Waals surface area contributed by atoms with Crippen molar-refractivity contribution in [3.63, 3.8) is 0 Å². The SMILES string of the molecule is CC(O)(CNC(=O)c1ccc(Cl)cn1)c1ccc(F)cc1F. The minimum Gasteiger partial charge on any atom is -0.383 e. The molecule has 0 saturated carbocycles. The molecule has 0 aliphatic rings. The largest absolute Gasteiger partial charge is 0.383 e. The zero-order chi connectivity index (χ0) is 16.3. The van der Waals surface area contributed by atoms with Crippen molar-refractivity contribution in [1.29, 1.82) is 0 Å². The summed E-state index contributed by atoms with van der Waals surface area (Å²) in [7, 11) is 0. The molecule has 0 fully saturated rings. The van der Waals surface area contributed by atoms with Gasteiger partial charge < -0.3 is 10.4 Å². The highest BCUT2D eigenvalue weighted by Crippen LogP contribution is 2.23. The average Bonchev–Trinajstić information content (AvgIpc) is 2.45. The Kier molecular flexibility index (Phi) is 4.73. The van der Waals surface area contributed by atoms with E-state index in [1.807, 2.05) is 0 Å². The van der Waals surface area contributed by atoms with E-state index in [9.17, 15) is 18.7 Å². The van der Waals surface area contributed by atoms with Crippen molar-refractivity contribution in [3.8, 4) is 0 Å². The topological polar surface area (TPSA) is 62.2 Å². The Labute approximate surface area is 130 Å². The smallest absolute Gasteiger partial charge is 0.269 e. The van der Waals surface area contributed by atoms with E-state index in [0.717, 1.165) is 12.1 Å². The molecular weight excluding hydrogens is 314 g/mol. The fourth-order valence-electron chi connectivity index (χ4n) is 1.87. The summed E-state index contributed by atoms with van der Waals surface area (Å²) in [6.07, 6.45) is 1.31. The van der Waals surface area contributed by atoms with Gasteiger partial charge in [0, 0.05) is 17.8 Å². The molecule has 2 rings (SSSR count). The van der Waals surface area contributed by atoms with E-state index in [1.165, 1.54) is 25.3 Å². The van der Waals surface area contributed by atoms with Crippen molar-refractivity contribution in [2.75, 3.05) is 6.54 Å². The predicted molar refractivity (Wildman–Crippen MR) is 77.5 cm³/mol. The van der Waals surface area contributed by atoms with Gasteiger partial charge in [-0.1, -0.05) is 17.7 Å². The van der Waals surface area contributed by atoms with Crippen molar-refractivity contribution in [2.45, 2.75) is 12.5 Å². The number of amides is 1. The van der Waals surface area contributed by atoms with E-state index >= 15 is 0 Å². The molecule has 1 amide bonds. The molecule has 0 spiro atoms. The number of benzene rings is 1. The summed E-state index contributed by atoms with van der Waals surface area (Å²) in [6.45, 7) is 1.05. The summed E-state index contributed by atoms with van der Waals surface area (Å²) in [5.41, 5.74) is -1.70. The van der Waals surface area contributed by atoms with Crippen LogP contribution in [-0.4, -0.2) is 22.5 Å². The number of hydrogen-bond acceptors (Lipinski definition) is 3. The van der Waals surface area contributed by atoms with Crippen molar-refractivity contribution >= 4 is 17.5 Å². The second kappa shape index (κ2) is 6.37. The summed E-state index contributed by atoms with van der Waals surface area (Å²) in [4.78, 5) is 15.7. The monoisotopic (exact) mass is 326 g/mol. The zero-order valence-electron chi connectivity index (χ0n) is 11.6. The Balaban J connectivity index is 2.08. The van der Waals surface area contributed by atoms with Gasteiger partial charge in [-0.15, -0.1) is 0 Å². The van der Waals surface area contributed by atoms with Gasteiger partial charge in [-0.25, -0.2) is 13.8 Å². The quantitative estimate of drug-likeness (QED) is 0.908. The lowest BCUT2D eigenvalue weighted by atomic mass is 9.95. The molecule has 0 radical (unpaired) electrons. The van der Waals surface area contributed by atoms with Gasteiger partial charge in [-0.2, -0.15) is 0 Å². The number of aromatic nitrogens is 1. The number of nitrogens with one attached hydrogen (secondary N) is 1. The van der Waals surface area contributed by atoms with Gasteiger partial charge in [0.2, 0.25) is 0 Å². The van der Waals surface area contributed by atoms with Crippen LogP contribution < -0.4 is 5.32 Å². The first-order valence-corrected chi connectivity index (χ1v) is 6.75. The molecule has 0 aliphatic carbocycles. The van der Waals surface area contributed by atoms with Gasteiger partial charge >= 0.3 is 0 Å². The molecule has 1 aromatic carbocycles. The standard InChI is InChI=1S/C15H13ClF2N2O2/c1-15(22,11-4-3-10(17)6-12(11)18)8-20-14(21)13-5-2-9(16)7-19-13/h2-7,22H,8H2,1H3,(H,20,21). The fourth-order valence-corrected chi connectivity index (χ4v) is 1.99. The van der Waals surface area contributed by atoms with Crippen LogP contribution in [0.4, 0.5) is 8.78 Å². The van der Waals surface area contributed by atoms with Crippen LogP contribution in [0.3, 0.4) is 0 Å². The van der Waals surface area contributed by atoms with Crippen molar-refractivity contribution in [1.82, 2.24) is 10.3 Å². The minimum absolute atomic E-state index is 0.111. The van der Waals surface area contributed by atoms with Crippen molar-refractivity contribution in [3.05, 3.63) is 64.4 Å². The molecular formula is C15H13ClF2N2O2. The molecule has 1 heterocycles. The van der Waals surface area contributed by atoms with Crippen molar-refractivity contribution in [2.24, 2.45) is 0 Å². The maximum Gasteiger partial charge on any atom is 0.269 e. The Hall–Kier alpha value is -2.05. The van der Waals surface area contributed by atoms with Gasteiger partial charge in [-0.3, -0.25) is 4.79 Å². The second-order valence-electron chi connectivity index (χ2n) is 4.94. The molecule has 1 atom stereocenters. The van der Waals surface area contributed by atoms with Crippen LogP contribution in [0.25, 0.3) is 0 Å². The molecule has 0 aliphatic heterocycles. The number of rotatable bonds is 4. The Bertz CT molecular complexity index is 690. The van der Waals surface area contributed by atoms with E-state index in [0.29, 0.717) is 11.1 Å². The molecule has 0 bridgehead atoms. The summed E-state index contributed by atoms with van der Waals surface area (Å²) in [5, 5.41) is 13.1. The van der Waals surface area contributed by atoms with Gasteiger partial charge in [-0.05, 0) is 25.1 Å². The van der Waals surface area contributed by atoms with Gasteiger partial charge in [0.15, 0.2) is 0 Å². The van der Waals surface area contributed by atoms with Crippen LogP contribution >= 0.6 is 11.6 Å². The van der Waals surface area contributed by atoms with Gasteiger partial charge in [0.05, 0.1) is 11.6 Å². The molecule has 7 heteroatoms. The lowest BCUT2D eigenvalue weighted by molar-refractivity contribution is 0.0493. The Morgan fingerprint density at radius 1 is 1.36 bits per heavy atom. The number of aliphatic hydroxyl groups is 1. The highest BCUT2D eigenvalue weighted by Gasteiger charge is 2.27. The number of carbonyl (C=O) groups excluding carboxylic acids is 1. The van der Waals surface area contributed by atoms with E-state index in [4.69, 9.17) is 11.6 Å². The van der Waals surface area contributed by atoms with E-state index in [2.05, 4.69) is 10.3 Å². The maximum absolute atomic E-state index is 13.7. The third-order valence-electron chi connectivity index (χ3n) is 3.06. The third-order valence-corrected chi connectivity index (χ3v) is 3.29. The first-order chi connectivity index (χ1) is 10.3. The first-order valence-electron chi connectivity index (χ1n) is 6.37. The van der Waals surface area contributed by atoms with Gasteiger partial charge in [0.1, 0.15) is 22.9 Å². The number of hydrogen-bond donors (Lipinski definition) is 2. The Morgan fingerprint density at radius 2 is 2.09 bits per heavy atom. The molecule has 116 valence electrons. The van der Waals surface area contributed by atoms with Crippen LogP contribution in [0.1, 0.15) is 23.0 Å². The molecule has 1 aromatic heterocycles. The predicted octanol–water partition coefficient (Wildman–Crippen LogP) is 2.65. The number of nitrogens with zero attached hydrogens (tertiary/aromatic N) is 1. The molecule has 2 N–H and O–H groups in total. The zero-order valence-corrected chi connectivity index (χ0v) is 12.4. The first kappa shape index (κ1) is 16.3. The summed E-state index contributed by atoms with van der Waals surface area (Å²) in [6, 6.07) is 5.77. The van der Waals surface area contributed by atoms with Crippen LogP contribution in [0, 0.1) is 11.6 Å². The van der Waals surface area contributed by atoms with Crippen LogP contribution in [0.2, 0.25) is 5.02 Å². The van der Waals surface area contributed by atoms with Crippen LogP contribution in [0.15, 0.2) is 36.5 Å². The maximum atomic E-state index is 13.7. The summed E-state index contributed by atoms with van der Waals surface area (Å²) >= 11 is 5.67. The van der Waals surface area contributed by atoms with Crippen LogP contribution in [0.5, 0.6) is 0 Å². The average molecular weight is 327 g/mol. The molecule has 4 nitrogen and oxygen atoms in total. The van der Waals surface area contributed by atoms with Crippen molar-refractivity contribution < 1.29 is 18.7 Å². The minimum atomic E-state index is -1.69. The van der Waals surface area contributed by atoms with E-state index < -0.39 is 23.1 Å². The fraction of sp³-hybridized carbons (Fsp3) is 0.200. The Morgan fingerprint density at radius 3 is 2.68 bits per heavy atom. The molecule has 22 heavy (non-hydrogen) atoms. The molecule has 0 saturated heterocycles. The highest BCUT2D eigenvalue weighted by molar-refractivity contribution is 6.30. The summed E-state index contributed by atoms with van der Waals surface area (Å²) in [5.74, 6) is -2.17.